The second-order valence-electron chi connectivity index (χ2n) is 3.49. The highest BCUT2D eigenvalue weighted by Crippen LogP contribution is 2.22. The third kappa shape index (κ3) is 3.05. The number of ether oxygens (including phenoxy) is 1. The van der Waals surface area contributed by atoms with Crippen LogP contribution in [0.5, 0.6) is 5.75 Å². The van der Waals surface area contributed by atoms with Crippen molar-refractivity contribution in [1.82, 2.24) is 0 Å². The van der Waals surface area contributed by atoms with Crippen molar-refractivity contribution < 1.29 is 19.0 Å². The zero-order valence-electron chi connectivity index (χ0n) is 8.25. The standard InChI is InChI=1S/C10H10FIO3/c1-10(2,9(13)14)15-6-3-4-8(12)7(11)5-6/h3-5H,1-2H3,(H,13,14). The molecule has 0 aliphatic heterocycles. The molecule has 0 spiro atoms. The van der Waals surface area contributed by atoms with Gasteiger partial charge in [0, 0.05) is 9.64 Å². The van der Waals surface area contributed by atoms with Gasteiger partial charge in [-0.25, -0.2) is 9.18 Å². The molecule has 5 heteroatoms. The number of carbonyl (C=O) groups is 1. The third-order valence-corrected chi connectivity index (χ3v) is 2.65. The maximum Gasteiger partial charge on any atom is 0.347 e. The van der Waals surface area contributed by atoms with Crippen molar-refractivity contribution in [2.24, 2.45) is 0 Å². The van der Waals surface area contributed by atoms with E-state index in [0.29, 0.717) is 3.57 Å². The first-order valence-corrected chi connectivity index (χ1v) is 5.28. The van der Waals surface area contributed by atoms with Gasteiger partial charge in [0.1, 0.15) is 11.6 Å². The van der Waals surface area contributed by atoms with Crippen molar-refractivity contribution in [2.75, 3.05) is 0 Å². The summed E-state index contributed by atoms with van der Waals surface area (Å²) in [7, 11) is 0. The summed E-state index contributed by atoms with van der Waals surface area (Å²) in [5.74, 6) is -1.31. The highest BCUT2D eigenvalue weighted by molar-refractivity contribution is 14.1. The van der Waals surface area contributed by atoms with Gasteiger partial charge in [-0.3, -0.25) is 0 Å². The number of carboxylic acid groups (broad SMARTS) is 1. The van der Waals surface area contributed by atoms with Crippen LogP contribution in [0.3, 0.4) is 0 Å². The topological polar surface area (TPSA) is 46.5 Å². The molecule has 0 bridgehead atoms. The molecule has 1 rings (SSSR count). The van der Waals surface area contributed by atoms with Crippen molar-refractivity contribution in [2.45, 2.75) is 19.4 Å². The normalized spacial score (nSPS) is 11.2. The monoisotopic (exact) mass is 324 g/mol. The molecule has 0 aliphatic carbocycles. The van der Waals surface area contributed by atoms with Gasteiger partial charge in [-0.2, -0.15) is 0 Å². The molecule has 1 N–H and O–H groups in total. The van der Waals surface area contributed by atoms with E-state index in [2.05, 4.69) is 0 Å². The Kier molecular flexibility index (Phi) is 3.54. The van der Waals surface area contributed by atoms with E-state index in [9.17, 15) is 9.18 Å². The van der Waals surface area contributed by atoms with Crippen molar-refractivity contribution in [3.63, 3.8) is 0 Å². The molecule has 0 saturated carbocycles. The first-order chi connectivity index (χ1) is 6.83. The van der Waals surface area contributed by atoms with Gasteiger partial charge in [0.05, 0.1) is 0 Å². The molecule has 0 unspecified atom stereocenters. The number of carboxylic acids is 1. The van der Waals surface area contributed by atoms with E-state index in [4.69, 9.17) is 9.84 Å². The Balaban J connectivity index is 2.91. The van der Waals surface area contributed by atoms with Crippen LogP contribution in [0.2, 0.25) is 0 Å². The zero-order chi connectivity index (χ0) is 11.6. The highest BCUT2D eigenvalue weighted by Gasteiger charge is 2.29. The molecule has 0 atom stereocenters. The van der Waals surface area contributed by atoms with Gasteiger partial charge in [-0.15, -0.1) is 0 Å². The van der Waals surface area contributed by atoms with Crippen LogP contribution in [-0.2, 0) is 4.79 Å². The fourth-order valence-electron chi connectivity index (χ4n) is 0.879. The smallest absolute Gasteiger partial charge is 0.347 e. The van der Waals surface area contributed by atoms with Crippen LogP contribution in [0.1, 0.15) is 13.8 Å². The lowest BCUT2D eigenvalue weighted by Crippen LogP contribution is -2.37. The molecule has 0 aliphatic rings. The third-order valence-electron chi connectivity index (χ3n) is 1.78. The lowest BCUT2D eigenvalue weighted by Gasteiger charge is -2.21. The number of aliphatic carboxylic acids is 1. The number of hydrogen-bond donors (Lipinski definition) is 1. The summed E-state index contributed by atoms with van der Waals surface area (Å²) in [5, 5.41) is 8.81. The molecule has 0 aromatic heterocycles. The van der Waals surface area contributed by atoms with E-state index in [1.54, 1.807) is 0 Å². The summed E-state index contributed by atoms with van der Waals surface area (Å²) in [5.41, 5.74) is -1.36. The van der Waals surface area contributed by atoms with Crippen LogP contribution in [0.4, 0.5) is 4.39 Å². The minimum absolute atomic E-state index is 0.209. The summed E-state index contributed by atoms with van der Waals surface area (Å²) in [6.45, 7) is 2.82. The van der Waals surface area contributed by atoms with Crippen LogP contribution in [0.25, 0.3) is 0 Å². The van der Waals surface area contributed by atoms with Crippen molar-refractivity contribution in [1.29, 1.82) is 0 Å². The summed E-state index contributed by atoms with van der Waals surface area (Å²) in [4.78, 5) is 10.8. The van der Waals surface area contributed by atoms with Crippen molar-refractivity contribution in [3.05, 3.63) is 27.6 Å². The van der Waals surface area contributed by atoms with Gasteiger partial charge in [0.2, 0.25) is 0 Å². The Bertz CT molecular complexity index is 390. The molecular formula is C10H10FIO3. The quantitative estimate of drug-likeness (QED) is 0.870. The molecule has 0 radical (unpaired) electrons. The Morgan fingerprint density at radius 1 is 1.53 bits per heavy atom. The van der Waals surface area contributed by atoms with Crippen LogP contribution >= 0.6 is 22.6 Å². The second kappa shape index (κ2) is 4.34. The number of benzene rings is 1. The fourth-order valence-corrected chi connectivity index (χ4v) is 1.21. The Hall–Kier alpha value is -0.850. The van der Waals surface area contributed by atoms with Crippen molar-refractivity contribution in [3.8, 4) is 5.75 Å². The maximum atomic E-state index is 13.1. The average molecular weight is 324 g/mol. The lowest BCUT2D eigenvalue weighted by atomic mass is 10.1. The molecule has 3 nitrogen and oxygen atoms in total. The molecular weight excluding hydrogens is 314 g/mol. The number of halogens is 2. The van der Waals surface area contributed by atoms with Gasteiger partial charge in [-0.1, -0.05) is 0 Å². The van der Waals surface area contributed by atoms with Crippen LogP contribution in [0.15, 0.2) is 18.2 Å². The van der Waals surface area contributed by atoms with Crippen molar-refractivity contribution >= 4 is 28.6 Å². The SMILES string of the molecule is CC(C)(Oc1ccc(I)c(F)c1)C(=O)O. The fraction of sp³-hybridized carbons (Fsp3) is 0.300. The van der Waals surface area contributed by atoms with E-state index in [1.165, 1.54) is 32.0 Å². The minimum Gasteiger partial charge on any atom is -0.478 e. The van der Waals surface area contributed by atoms with Gasteiger partial charge < -0.3 is 9.84 Å². The van der Waals surface area contributed by atoms with Crippen LogP contribution in [-0.4, -0.2) is 16.7 Å². The largest absolute Gasteiger partial charge is 0.478 e. The van der Waals surface area contributed by atoms with E-state index < -0.39 is 17.4 Å². The molecule has 0 fully saturated rings. The highest BCUT2D eigenvalue weighted by atomic mass is 127. The first-order valence-electron chi connectivity index (χ1n) is 4.20. The summed E-state index contributed by atoms with van der Waals surface area (Å²) >= 11 is 1.84. The maximum absolute atomic E-state index is 13.1. The average Bonchev–Trinajstić information content (AvgIpc) is 2.10. The molecule has 82 valence electrons. The van der Waals surface area contributed by atoms with Crippen LogP contribution in [0, 0.1) is 9.39 Å². The molecule has 1 aromatic rings. The molecule has 0 amide bonds. The van der Waals surface area contributed by atoms with Gasteiger partial charge in [0.25, 0.3) is 0 Å². The number of hydrogen-bond acceptors (Lipinski definition) is 2. The first kappa shape index (κ1) is 12.2. The molecule has 0 saturated heterocycles. The van der Waals surface area contributed by atoms with E-state index in [0.717, 1.165) is 0 Å². The number of rotatable bonds is 3. The minimum atomic E-state index is -1.36. The zero-order valence-corrected chi connectivity index (χ0v) is 10.4. The Morgan fingerprint density at radius 3 is 2.60 bits per heavy atom. The Labute approximate surface area is 100 Å². The van der Waals surface area contributed by atoms with Crippen LogP contribution < -0.4 is 4.74 Å². The predicted molar refractivity (Wildman–Crippen MR) is 61.5 cm³/mol. The summed E-state index contributed by atoms with van der Waals surface area (Å²) < 4.78 is 18.7. The van der Waals surface area contributed by atoms with Gasteiger partial charge in [-0.05, 0) is 48.6 Å². The Morgan fingerprint density at radius 2 is 2.13 bits per heavy atom. The summed E-state index contributed by atoms with van der Waals surface area (Å²) in [6, 6.07) is 4.24. The molecule has 1 aromatic carbocycles. The molecule has 15 heavy (non-hydrogen) atoms. The lowest BCUT2D eigenvalue weighted by molar-refractivity contribution is -0.152. The van der Waals surface area contributed by atoms with Gasteiger partial charge in [0.15, 0.2) is 5.60 Å². The molecule has 0 heterocycles. The summed E-state index contributed by atoms with van der Waals surface area (Å²) in [6.07, 6.45) is 0. The van der Waals surface area contributed by atoms with Gasteiger partial charge >= 0.3 is 5.97 Å². The predicted octanol–water partition coefficient (Wildman–Crippen LogP) is 2.67. The van der Waals surface area contributed by atoms with E-state index in [1.807, 2.05) is 22.6 Å². The van der Waals surface area contributed by atoms with E-state index in [-0.39, 0.29) is 5.75 Å². The second-order valence-corrected chi connectivity index (χ2v) is 4.66. The van der Waals surface area contributed by atoms with E-state index >= 15 is 0 Å².